The van der Waals surface area contributed by atoms with Gasteiger partial charge in [-0.15, -0.1) is 0 Å². The smallest absolute Gasteiger partial charge is 0.0652 e. The van der Waals surface area contributed by atoms with Crippen LogP contribution in [0.3, 0.4) is 0 Å². The first-order chi connectivity index (χ1) is 14.2. The SMILES string of the molecule is Cc1ccc(-c2cccc(C=NN(c3ccccc3)c3ccccc3)c2N)cc1. The number of nitrogen functional groups attached to an aromatic ring is 1. The molecule has 0 aliphatic rings. The molecule has 0 aliphatic carbocycles. The van der Waals surface area contributed by atoms with Gasteiger partial charge in [0.2, 0.25) is 0 Å². The predicted molar refractivity (Wildman–Crippen MR) is 124 cm³/mol. The Bertz CT molecular complexity index is 1060. The van der Waals surface area contributed by atoms with E-state index in [-0.39, 0.29) is 0 Å². The molecule has 0 radical (unpaired) electrons. The van der Waals surface area contributed by atoms with Gasteiger partial charge < -0.3 is 5.73 Å². The lowest BCUT2D eigenvalue weighted by molar-refractivity contribution is 1.09. The van der Waals surface area contributed by atoms with Gasteiger partial charge in [-0.1, -0.05) is 84.4 Å². The summed E-state index contributed by atoms with van der Waals surface area (Å²) in [6.45, 7) is 2.08. The van der Waals surface area contributed by atoms with Crippen molar-refractivity contribution in [1.82, 2.24) is 0 Å². The van der Waals surface area contributed by atoms with Crippen molar-refractivity contribution in [2.45, 2.75) is 6.92 Å². The molecule has 0 saturated carbocycles. The van der Waals surface area contributed by atoms with E-state index in [4.69, 9.17) is 10.8 Å². The van der Waals surface area contributed by atoms with E-state index in [0.29, 0.717) is 0 Å². The van der Waals surface area contributed by atoms with Gasteiger partial charge in [-0.25, -0.2) is 5.01 Å². The Morgan fingerprint density at radius 3 is 1.86 bits per heavy atom. The summed E-state index contributed by atoms with van der Waals surface area (Å²) >= 11 is 0. The minimum absolute atomic E-state index is 0.723. The quantitative estimate of drug-likeness (QED) is 0.248. The lowest BCUT2D eigenvalue weighted by atomic mass is 10.00. The van der Waals surface area contributed by atoms with Crippen molar-refractivity contribution in [2.75, 3.05) is 10.7 Å². The average Bonchev–Trinajstić information content (AvgIpc) is 2.77. The first-order valence-corrected chi connectivity index (χ1v) is 9.62. The normalized spacial score (nSPS) is 10.9. The number of rotatable bonds is 5. The van der Waals surface area contributed by atoms with Crippen LogP contribution in [0.1, 0.15) is 11.1 Å². The molecule has 0 fully saturated rings. The van der Waals surface area contributed by atoms with E-state index in [0.717, 1.165) is 33.8 Å². The predicted octanol–water partition coefficient (Wildman–Crippen LogP) is 6.42. The molecule has 0 bridgehead atoms. The molecule has 4 rings (SSSR count). The highest BCUT2D eigenvalue weighted by Crippen LogP contribution is 2.29. The summed E-state index contributed by atoms with van der Waals surface area (Å²) in [5.41, 5.74) is 13.4. The number of anilines is 3. The van der Waals surface area contributed by atoms with E-state index in [9.17, 15) is 0 Å². The van der Waals surface area contributed by atoms with Crippen molar-refractivity contribution in [1.29, 1.82) is 0 Å². The van der Waals surface area contributed by atoms with Crippen LogP contribution in [0.25, 0.3) is 11.1 Å². The number of para-hydroxylation sites is 3. The van der Waals surface area contributed by atoms with E-state index in [1.54, 1.807) is 0 Å². The molecule has 4 aromatic rings. The zero-order valence-corrected chi connectivity index (χ0v) is 16.4. The van der Waals surface area contributed by atoms with Crippen LogP contribution in [0, 0.1) is 6.92 Å². The van der Waals surface area contributed by atoms with Crippen molar-refractivity contribution in [3.05, 3.63) is 114 Å². The van der Waals surface area contributed by atoms with Gasteiger partial charge in [0.1, 0.15) is 0 Å². The van der Waals surface area contributed by atoms with Crippen LogP contribution >= 0.6 is 0 Å². The van der Waals surface area contributed by atoms with Crippen LogP contribution in [-0.4, -0.2) is 6.21 Å². The van der Waals surface area contributed by atoms with Crippen molar-refractivity contribution in [3.8, 4) is 11.1 Å². The van der Waals surface area contributed by atoms with Gasteiger partial charge in [-0.3, -0.25) is 0 Å². The van der Waals surface area contributed by atoms with E-state index >= 15 is 0 Å². The number of nitrogens with two attached hydrogens (primary N) is 1. The van der Waals surface area contributed by atoms with Crippen molar-refractivity contribution < 1.29 is 0 Å². The molecule has 3 nitrogen and oxygen atoms in total. The Labute approximate surface area is 171 Å². The third-order valence-electron chi connectivity index (χ3n) is 4.82. The molecule has 142 valence electrons. The maximum absolute atomic E-state index is 6.51. The fourth-order valence-corrected chi connectivity index (χ4v) is 3.22. The van der Waals surface area contributed by atoms with E-state index in [1.165, 1.54) is 5.56 Å². The summed E-state index contributed by atoms with van der Waals surface area (Å²) < 4.78 is 0. The van der Waals surface area contributed by atoms with Crippen molar-refractivity contribution in [3.63, 3.8) is 0 Å². The second-order valence-corrected chi connectivity index (χ2v) is 6.90. The van der Waals surface area contributed by atoms with Crippen molar-refractivity contribution >= 4 is 23.3 Å². The summed E-state index contributed by atoms with van der Waals surface area (Å²) in [6.07, 6.45) is 1.83. The first-order valence-electron chi connectivity index (χ1n) is 9.62. The monoisotopic (exact) mass is 377 g/mol. The molecule has 0 saturated heterocycles. The zero-order valence-electron chi connectivity index (χ0n) is 16.4. The maximum Gasteiger partial charge on any atom is 0.0652 e. The van der Waals surface area contributed by atoms with Crippen LogP contribution in [0.4, 0.5) is 17.1 Å². The topological polar surface area (TPSA) is 41.6 Å². The lowest BCUT2D eigenvalue weighted by Gasteiger charge is -2.19. The molecule has 0 amide bonds. The standard InChI is InChI=1S/C26H23N3/c1-20-15-17-21(18-16-20)25-14-8-9-22(26(25)27)19-28-29(23-10-4-2-5-11-23)24-12-6-3-7-13-24/h2-19H,27H2,1H3. The summed E-state index contributed by atoms with van der Waals surface area (Å²) in [5, 5.41) is 6.69. The van der Waals surface area contributed by atoms with Crippen LogP contribution in [0.15, 0.2) is 108 Å². The highest BCUT2D eigenvalue weighted by atomic mass is 15.5. The van der Waals surface area contributed by atoms with Gasteiger partial charge in [-0.2, -0.15) is 5.10 Å². The van der Waals surface area contributed by atoms with Gasteiger partial charge in [-0.05, 0) is 36.8 Å². The van der Waals surface area contributed by atoms with E-state index in [1.807, 2.05) is 90.1 Å². The molecule has 3 heteroatoms. The number of aryl methyl sites for hydroxylation is 1. The maximum atomic E-state index is 6.51. The number of hydrogen-bond acceptors (Lipinski definition) is 3. The summed E-state index contributed by atoms with van der Waals surface area (Å²) in [6, 6.07) is 34.6. The van der Waals surface area contributed by atoms with Gasteiger partial charge in [0, 0.05) is 16.8 Å². The number of hydrazone groups is 1. The zero-order chi connectivity index (χ0) is 20.1. The molecule has 0 atom stereocenters. The Balaban J connectivity index is 1.71. The largest absolute Gasteiger partial charge is 0.398 e. The summed E-state index contributed by atoms with van der Waals surface area (Å²) in [7, 11) is 0. The van der Waals surface area contributed by atoms with E-state index in [2.05, 4.69) is 31.2 Å². The Kier molecular flexibility index (Phi) is 5.39. The minimum Gasteiger partial charge on any atom is -0.398 e. The summed E-state index contributed by atoms with van der Waals surface area (Å²) in [4.78, 5) is 0. The molecular weight excluding hydrogens is 354 g/mol. The van der Waals surface area contributed by atoms with Gasteiger partial charge in [0.25, 0.3) is 0 Å². The Morgan fingerprint density at radius 2 is 1.28 bits per heavy atom. The molecule has 0 aromatic heterocycles. The fraction of sp³-hybridized carbons (Fsp3) is 0.0385. The van der Waals surface area contributed by atoms with E-state index < -0.39 is 0 Å². The lowest BCUT2D eigenvalue weighted by Crippen LogP contribution is -2.09. The molecule has 2 N–H and O–H groups in total. The molecule has 0 unspecified atom stereocenters. The molecule has 0 heterocycles. The summed E-state index contributed by atoms with van der Waals surface area (Å²) in [5.74, 6) is 0. The third-order valence-corrected chi connectivity index (χ3v) is 4.82. The van der Waals surface area contributed by atoms with Gasteiger partial charge >= 0.3 is 0 Å². The number of benzene rings is 4. The highest BCUT2D eigenvalue weighted by Gasteiger charge is 2.09. The van der Waals surface area contributed by atoms with Crippen LogP contribution in [-0.2, 0) is 0 Å². The second-order valence-electron chi connectivity index (χ2n) is 6.90. The van der Waals surface area contributed by atoms with Crippen LogP contribution in [0.2, 0.25) is 0 Å². The number of nitrogens with zero attached hydrogens (tertiary/aromatic N) is 2. The molecule has 29 heavy (non-hydrogen) atoms. The van der Waals surface area contributed by atoms with Gasteiger partial charge in [0.15, 0.2) is 0 Å². The first kappa shape index (κ1) is 18.5. The van der Waals surface area contributed by atoms with Gasteiger partial charge in [0.05, 0.1) is 17.6 Å². The molecule has 0 spiro atoms. The molecular formula is C26H23N3. The Hall–Kier alpha value is -3.85. The molecule has 0 aliphatic heterocycles. The Morgan fingerprint density at radius 1 is 0.690 bits per heavy atom. The van der Waals surface area contributed by atoms with Crippen molar-refractivity contribution in [2.24, 2.45) is 5.10 Å². The van der Waals surface area contributed by atoms with Crippen LogP contribution < -0.4 is 10.7 Å². The second kappa shape index (κ2) is 8.44. The highest BCUT2D eigenvalue weighted by molar-refractivity contribution is 5.94. The number of hydrogen-bond donors (Lipinski definition) is 1. The fourth-order valence-electron chi connectivity index (χ4n) is 3.22. The average molecular weight is 377 g/mol. The van der Waals surface area contributed by atoms with Crippen LogP contribution in [0.5, 0.6) is 0 Å². The minimum atomic E-state index is 0.723. The molecule has 4 aromatic carbocycles. The third kappa shape index (κ3) is 4.19.